The Hall–Kier alpha value is -3.49. The number of nitrogens with zero attached hydrogens (tertiary/aromatic N) is 1. The highest BCUT2D eigenvalue weighted by Gasteiger charge is 2.30. The van der Waals surface area contributed by atoms with Crippen LogP contribution in [0.1, 0.15) is 15.9 Å². The van der Waals surface area contributed by atoms with Gasteiger partial charge in [0.15, 0.2) is 0 Å². The molecular formula is C19H11F5N2O2. The summed E-state index contributed by atoms with van der Waals surface area (Å²) in [5.41, 5.74) is -1.04. The second kappa shape index (κ2) is 7.63. The summed E-state index contributed by atoms with van der Waals surface area (Å²) < 4.78 is 69.9. The molecule has 1 heterocycles. The lowest BCUT2D eigenvalue weighted by Gasteiger charge is -2.10. The van der Waals surface area contributed by atoms with E-state index < -0.39 is 29.3 Å². The molecule has 0 unspecified atom stereocenters. The average Bonchev–Trinajstić information content (AvgIpc) is 2.64. The van der Waals surface area contributed by atoms with E-state index in [1.807, 2.05) is 0 Å². The summed E-state index contributed by atoms with van der Waals surface area (Å²) in [5.74, 6) is -2.54. The normalized spacial score (nSPS) is 11.2. The summed E-state index contributed by atoms with van der Waals surface area (Å²) in [6.07, 6.45) is -3.40. The Kier molecular flexibility index (Phi) is 5.25. The first-order valence-corrected chi connectivity index (χ1v) is 7.80. The molecule has 0 fully saturated rings. The van der Waals surface area contributed by atoms with E-state index in [-0.39, 0.29) is 22.9 Å². The zero-order valence-corrected chi connectivity index (χ0v) is 13.9. The number of halogens is 5. The molecule has 1 amide bonds. The SMILES string of the molecule is O=C(Nc1ccc(F)cc1F)c1ccc(Oc2cccc(C(F)(F)F)c2)nc1. The van der Waals surface area contributed by atoms with Crippen LogP contribution >= 0.6 is 0 Å². The standard InChI is InChI=1S/C19H11F5N2O2/c20-13-5-6-16(15(21)9-13)26-18(27)11-4-7-17(25-10-11)28-14-3-1-2-12(8-14)19(22,23)24/h1-10H,(H,26,27). The molecule has 9 heteroatoms. The first-order chi connectivity index (χ1) is 13.2. The van der Waals surface area contributed by atoms with Crippen LogP contribution in [0.15, 0.2) is 60.8 Å². The van der Waals surface area contributed by atoms with E-state index in [1.54, 1.807) is 0 Å². The summed E-state index contributed by atoms with van der Waals surface area (Å²) in [6, 6.07) is 9.50. The van der Waals surface area contributed by atoms with Crippen LogP contribution in [0.25, 0.3) is 0 Å². The van der Waals surface area contributed by atoms with Gasteiger partial charge in [-0.1, -0.05) is 6.07 Å². The molecule has 3 rings (SSSR count). The lowest BCUT2D eigenvalue weighted by molar-refractivity contribution is -0.137. The van der Waals surface area contributed by atoms with Gasteiger partial charge in [0, 0.05) is 18.3 Å². The summed E-state index contributed by atoms with van der Waals surface area (Å²) in [6.45, 7) is 0. The van der Waals surface area contributed by atoms with E-state index in [4.69, 9.17) is 4.74 Å². The van der Waals surface area contributed by atoms with Gasteiger partial charge < -0.3 is 10.1 Å². The molecule has 0 atom stereocenters. The molecule has 0 saturated carbocycles. The number of hydrogen-bond donors (Lipinski definition) is 1. The number of aromatic nitrogens is 1. The van der Waals surface area contributed by atoms with Gasteiger partial charge in [-0.05, 0) is 36.4 Å². The molecule has 0 aliphatic heterocycles. The fourth-order valence-electron chi connectivity index (χ4n) is 2.22. The molecule has 28 heavy (non-hydrogen) atoms. The van der Waals surface area contributed by atoms with Gasteiger partial charge in [0.05, 0.1) is 16.8 Å². The Morgan fingerprint density at radius 1 is 1.00 bits per heavy atom. The minimum absolute atomic E-state index is 0.0381. The van der Waals surface area contributed by atoms with Crippen LogP contribution in [0, 0.1) is 11.6 Å². The molecule has 0 radical (unpaired) electrons. The highest BCUT2D eigenvalue weighted by Crippen LogP contribution is 2.32. The average molecular weight is 394 g/mol. The molecule has 0 aliphatic rings. The molecular weight excluding hydrogens is 383 g/mol. The third kappa shape index (κ3) is 4.61. The minimum Gasteiger partial charge on any atom is -0.439 e. The molecule has 0 spiro atoms. The highest BCUT2D eigenvalue weighted by molar-refractivity contribution is 6.04. The van der Waals surface area contributed by atoms with Crippen LogP contribution < -0.4 is 10.1 Å². The maximum atomic E-state index is 13.6. The van der Waals surface area contributed by atoms with Crippen molar-refractivity contribution in [2.45, 2.75) is 6.18 Å². The van der Waals surface area contributed by atoms with Crippen molar-refractivity contribution in [2.75, 3.05) is 5.32 Å². The molecule has 3 aromatic rings. The molecule has 1 N–H and O–H groups in total. The summed E-state index contributed by atoms with van der Waals surface area (Å²) >= 11 is 0. The topological polar surface area (TPSA) is 51.2 Å². The molecule has 4 nitrogen and oxygen atoms in total. The number of pyridine rings is 1. The van der Waals surface area contributed by atoms with Crippen LogP contribution in [0.4, 0.5) is 27.6 Å². The second-order valence-electron chi connectivity index (χ2n) is 5.59. The number of ether oxygens (including phenoxy) is 1. The molecule has 1 aromatic heterocycles. The van der Waals surface area contributed by atoms with Crippen LogP contribution in [0.3, 0.4) is 0 Å². The number of anilines is 1. The molecule has 144 valence electrons. The maximum absolute atomic E-state index is 13.6. The van der Waals surface area contributed by atoms with Crippen molar-refractivity contribution >= 4 is 11.6 Å². The number of carbonyl (C=O) groups is 1. The van der Waals surface area contributed by atoms with Gasteiger partial charge in [-0.15, -0.1) is 0 Å². The van der Waals surface area contributed by atoms with E-state index in [0.717, 1.165) is 30.5 Å². The van der Waals surface area contributed by atoms with Gasteiger partial charge in [-0.2, -0.15) is 13.2 Å². The Bertz CT molecular complexity index is 1000. The Balaban J connectivity index is 1.70. The lowest BCUT2D eigenvalue weighted by Crippen LogP contribution is -2.13. The Labute approximate surface area is 155 Å². The Morgan fingerprint density at radius 3 is 2.43 bits per heavy atom. The monoisotopic (exact) mass is 394 g/mol. The Morgan fingerprint density at radius 2 is 1.79 bits per heavy atom. The van der Waals surface area contributed by atoms with Gasteiger partial charge >= 0.3 is 6.18 Å². The van der Waals surface area contributed by atoms with E-state index in [0.29, 0.717) is 6.07 Å². The molecule has 0 saturated heterocycles. The maximum Gasteiger partial charge on any atom is 0.416 e. The lowest BCUT2D eigenvalue weighted by atomic mass is 10.2. The molecule has 0 bridgehead atoms. The van der Waals surface area contributed by atoms with Crippen molar-refractivity contribution in [1.82, 2.24) is 4.98 Å². The fourth-order valence-corrected chi connectivity index (χ4v) is 2.22. The number of carbonyl (C=O) groups excluding carboxylic acids is 1. The van der Waals surface area contributed by atoms with E-state index in [1.165, 1.54) is 24.3 Å². The van der Waals surface area contributed by atoms with Gasteiger partial charge in [-0.25, -0.2) is 13.8 Å². The number of nitrogens with one attached hydrogen (secondary N) is 1. The highest BCUT2D eigenvalue weighted by atomic mass is 19.4. The van der Waals surface area contributed by atoms with E-state index >= 15 is 0 Å². The van der Waals surface area contributed by atoms with Crippen LogP contribution in [0.2, 0.25) is 0 Å². The van der Waals surface area contributed by atoms with E-state index in [2.05, 4.69) is 10.3 Å². The number of alkyl halides is 3. The summed E-state index contributed by atoms with van der Waals surface area (Å²) in [4.78, 5) is 15.9. The smallest absolute Gasteiger partial charge is 0.416 e. The second-order valence-corrected chi connectivity index (χ2v) is 5.59. The zero-order chi connectivity index (χ0) is 20.3. The van der Waals surface area contributed by atoms with E-state index in [9.17, 15) is 26.7 Å². The molecule has 2 aromatic carbocycles. The van der Waals surface area contributed by atoms with Crippen molar-refractivity contribution in [3.05, 3.63) is 83.6 Å². The number of hydrogen-bond acceptors (Lipinski definition) is 3. The number of rotatable bonds is 4. The van der Waals surface area contributed by atoms with Crippen molar-refractivity contribution < 1.29 is 31.5 Å². The first kappa shape index (κ1) is 19.3. The predicted molar refractivity (Wildman–Crippen MR) is 90.1 cm³/mol. The van der Waals surface area contributed by atoms with Crippen LogP contribution in [-0.2, 0) is 6.18 Å². The largest absolute Gasteiger partial charge is 0.439 e. The zero-order valence-electron chi connectivity index (χ0n) is 13.9. The summed E-state index contributed by atoms with van der Waals surface area (Å²) in [7, 11) is 0. The fraction of sp³-hybridized carbons (Fsp3) is 0.0526. The van der Waals surface area contributed by atoms with Crippen molar-refractivity contribution in [3.8, 4) is 11.6 Å². The van der Waals surface area contributed by atoms with Gasteiger partial charge in [-0.3, -0.25) is 4.79 Å². The summed E-state index contributed by atoms with van der Waals surface area (Å²) in [5, 5.41) is 2.26. The van der Waals surface area contributed by atoms with Crippen molar-refractivity contribution in [3.63, 3.8) is 0 Å². The van der Waals surface area contributed by atoms with Gasteiger partial charge in [0.2, 0.25) is 5.88 Å². The van der Waals surface area contributed by atoms with Crippen molar-refractivity contribution in [2.24, 2.45) is 0 Å². The number of benzene rings is 2. The first-order valence-electron chi connectivity index (χ1n) is 7.80. The number of amides is 1. The quantitative estimate of drug-likeness (QED) is 0.601. The predicted octanol–water partition coefficient (Wildman–Crippen LogP) is 5.42. The van der Waals surface area contributed by atoms with Crippen LogP contribution in [0.5, 0.6) is 11.6 Å². The van der Waals surface area contributed by atoms with Gasteiger partial charge in [0.1, 0.15) is 17.4 Å². The third-order valence-corrected chi connectivity index (χ3v) is 3.56. The third-order valence-electron chi connectivity index (χ3n) is 3.56. The van der Waals surface area contributed by atoms with Crippen molar-refractivity contribution in [1.29, 1.82) is 0 Å². The minimum atomic E-state index is -4.51. The molecule has 0 aliphatic carbocycles. The van der Waals surface area contributed by atoms with Crippen LogP contribution in [-0.4, -0.2) is 10.9 Å². The van der Waals surface area contributed by atoms with Gasteiger partial charge in [0.25, 0.3) is 5.91 Å².